The molecule has 210 valence electrons. The summed E-state index contributed by atoms with van der Waals surface area (Å²) in [6.07, 6.45) is 1.69. The number of halogens is 2. The molecular formula is C30H32F2N4O4. The first-order valence-electron chi connectivity index (χ1n) is 13.5. The van der Waals surface area contributed by atoms with Crippen molar-refractivity contribution >= 4 is 23.6 Å². The van der Waals surface area contributed by atoms with Crippen molar-refractivity contribution in [3.8, 4) is 17.2 Å². The van der Waals surface area contributed by atoms with Gasteiger partial charge in [-0.15, -0.1) is 0 Å². The fourth-order valence-electron chi connectivity index (χ4n) is 6.08. The van der Waals surface area contributed by atoms with E-state index in [0.717, 1.165) is 30.5 Å². The van der Waals surface area contributed by atoms with E-state index in [9.17, 15) is 19.6 Å². The molecule has 2 heterocycles. The number of carbonyl (C=O) groups excluding carboxylic acids is 3. The Morgan fingerprint density at radius 2 is 1.93 bits per heavy atom. The zero-order chi connectivity index (χ0) is 28.9. The molecule has 40 heavy (non-hydrogen) atoms. The lowest BCUT2D eigenvalue weighted by atomic mass is 9.96. The van der Waals surface area contributed by atoms with E-state index in [1.165, 1.54) is 9.80 Å². The average Bonchev–Trinajstić information content (AvgIpc) is 3.58. The van der Waals surface area contributed by atoms with Gasteiger partial charge in [0.15, 0.2) is 0 Å². The van der Waals surface area contributed by atoms with Gasteiger partial charge in [0, 0.05) is 30.8 Å². The van der Waals surface area contributed by atoms with E-state index in [0.29, 0.717) is 17.7 Å². The Labute approximate surface area is 231 Å². The molecule has 0 aromatic heterocycles. The van der Waals surface area contributed by atoms with E-state index < -0.39 is 41.3 Å². The first-order chi connectivity index (χ1) is 18.9. The average molecular weight is 551 g/mol. The van der Waals surface area contributed by atoms with E-state index in [1.54, 1.807) is 46.0 Å². The molecule has 1 N–H and O–H groups in total. The molecule has 2 aromatic carbocycles. The van der Waals surface area contributed by atoms with E-state index in [2.05, 4.69) is 5.32 Å². The minimum atomic E-state index is -1.13. The third kappa shape index (κ3) is 5.12. The van der Waals surface area contributed by atoms with Crippen molar-refractivity contribution < 1.29 is 27.9 Å². The van der Waals surface area contributed by atoms with Crippen molar-refractivity contribution in [1.29, 1.82) is 5.26 Å². The van der Waals surface area contributed by atoms with Crippen LogP contribution in [-0.4, -0.2) is 53.6 Å². The highest BCUT2D eigenvalue weighted by Crippen LogP contribution is 2.43. The molecule has 1 aliphatic carbocycles. The van der Waals surface area contributed by atoms with Crippen LogP contribution in [0.25, 0.3) is 11.1 Å². The second-order valence-corrected chi connectivity index (χ2v) is 11.9. The molecule has 10 heteroatoms. The first-order valence-corrected chi connectivity index (χ1v) is 13.5. The lowest BCUT2D eigenvalue weighted by Gasteiger charge is -2.35. The van der Waals surface area contributed by atoms with Gasteiger partial charge in [-0.3, -0.25) is 14.5 Å². The van der Waals surface area contributed by atoms with Crippen molar-refractivity contribution in [2.75, 3.05) is 11.9 Å². The molecule has 1 saturated carbocycles. The Hall–Kier alpha value is -4.00. The van der Waals surface area contributed by atoms with Crippen molar-refractivity contribution in [3.63, 3.8) is 0 Å². The summed E-state index contributed by atoms with van der Waals surface area (Å²) in [6.45, 7) is 5.26. The topological polar surface area (TPSA) is 103 Å². The number of fused-ring (bicyclic) bond motifs is 3. The normalized spacial score (nSPS) is 22.2. The molecule has 5 rings (SSSR count). The number of hydrogen-bond donors (Lipinski definition) is 1. The minimum Gasteiger partial charge on any atom is -0.444 e. The van der Waals surface area contributed by atoms with Crippen LogP contribution in [0.3, 0.4) is 0 Å². The number of benzene rings is 2. The maximum absolute atomic E-state index is 15.2. The second kappa shape index (κ2) is 10.2. The molecule has 3 aliphatic rings. The van der Waals surface area contributed by atoms with Crippen LogP contribution in [-0.2, 0) is 27.2 Å². The minimum absolute atomic E-state index is 0.0318. The number of likely N-dealkylation sites (tertiary alicyclic amines) is 1. The SMILES string of the molecule is CN1C(=O)Cc2ccc(-c3cc(F)c(CC(C#N)NC(=O)C4C5CCC(C5)N4C(=O)OC(C)(C)C)cc3F)cc21. The van der Waals surface area contributed by atoms with Crippen molar-refractivity contribution in [3.05, 3.63) is 53.1 Å². The zero-order valence-corrected chi connectivity index (χ0v) is 23.0. The predicted octanol–water partition coefficient (Wildman–Crippen LogP) is 4.49. The summed E-state index contributed by atoms with van der Waals surface area (Å²) in [5.74, 6) is -2.02. The van der Waals surface area contributed by atoms with Gasteiger partial charge in [-0.25, -0.2) is 13.6 Å². The Morgan fingerprint density at radius 1 is 1.18 bits per heavy atom. The summed E-state index contributed by atoms with van der Waals surface area (Å²) in [6, 6.07) is 7.09. The van der Waals surface area contributed by atoms with Crippen molar-refractivity contribution in [2.24, 2.45) is 5.92 Å². The maximum Gasteiger partial charge on any atom is 0.411 e. The standard InChI is InChI=1S/C30H32F2N4O4/c1-30(2,3)40-29(39)36-21-8-7-18(10-21)27(36)28(38)34-20(15-33)9-19-11-24(32)22(14-23(19)31)16-5-6-17-13-26(37)35(4)25(17)12-16/h5-6,11-12,14,18,20-21,27H,7-10,13H2,1-4H3,(H,34,38). The van der Waals surface area contributed by atoms with Crippen LogP contribution in [0.5, 0.6) is 0 Å². The predicted molar refractivity (Wildman–Crippen MR) is 143 cm³/mol. The molecule has 2 aliphatic heterocycles. The smallest absolute Gasteiger partial charge is 0.411 e. The number of likely N-dealkylation sites (N-methyl/N-ethyl adjacent to an activating group) is 1. The summed E-state index contributed by atoms with van der Waals surface area (Å²) in [5, 5.41) is 12.4. The third-order valence-corrected chi connectivity index (χ3v) is 7.96. The number of carbonyl (C=O) groups is 3. The van der Waals surface area contributed by atoms with Gasteiger partial charge in [-0.1, -0.05) is 12.1 Å². The van der Waals surface area contributed by atoms with E-state index in [-0.39, 0.29) is 41.8 Å². The molecule has 0 radical (unpaired) electrons. The largest absolute Gasteiger partial charge is 0.444 e. The van der Waals surface area contributed by atoms with Gasteiger partial charge in [0.25, 0.3) is 0 Å². The molecule has 4 atom stereocenters. The van der Waals surface area contributed by atoms with Crippen LogP contribution >= 0.6 is 0 Å². The number of anilines is 1. The van der Waals surface area contributed by atoms with Gasteiger partial charge in [0.05, 0.1) is 12.5 Å². The van der Waals surface area contributed by atoms with Gasteiger partial charge in [-0.2, -0.15) is 5.26 Å². The number of hydrogen-bond acceptors (Lipinski definition) is 5. The number of nitrogens with zero attached hydrogens (tertiary/aromatic N) is 3. The van der Waals surface area contributed by atoms with Crippen LogP contribution in [0, 0.1) is 28.9 Å². The van der Waals surface area contributed by atoms with Crippen LogP contribution in [0.15, 0.2) is 30.3 Å². The third-order valence-electron chi connectivity index (χ3n) is 7.96. The van der Waals surface area contributed by atoms with E-state index in [4.69, 9.17) is 4.74 Å². The molecule has 8 nitrogen and oxygen atoms in total. The van der Waals surface area contributed by atoms with Crippen LogP contribution in [0.2, 0.25) is 0 Å². The maximum atomic E-state index is 15.2. The summed E-state index contributed by atoms with van der Waals surface area (Å²) >= 11 is 0. The summed E-state index contributed by atoms with van der Waals surface area (Å²) in [7, 11) is 1.64. The van der Waals surface area contributed by atoms with Gasteiger partial charge >= 0.3 is 6.09 Å². The summed E-state index contributed by atoms with van der Waals surface area (Å²) in [5.41, 5.74) is 1.15. The number of rotatable bonds is 5. The Balaban J connectivity index is 1.31. The molecule has 3 amide bonds. The molecule has 2 aromatic rings. The highest BCUT2D eigenvalue weighted by atomic mass is 19.1. The van der Waals surface area contributed by atoms with E-state index in [1.807, 2.05) is 6.07 Å². The monoisotopic (exact) mass is 550 g/mol. The van der Waals surface area contributed by atoms with Crippen LogP contribution in [0.1, 0.15) is 51.2 Å². The number of nitriles is 1. The second-order valence-electron chi connectivity index (χ2n) is 11.9. The van der Waals surface area contributed by atoms with Crippen molar-refractivity contribution in [2.45, 2.75) is 76.6 Å². The van der Waals surface area contributed by atoms with Gasteiger partial charge < -0.3 is 15.0 Å². The lowest BCUT2D eigenvalue weighted by Crippen LogP contribution is -2.55. The Kier molecular flexibility index (Phi) is 7.02. The van der Waals surface area contributed by atoms with E-state index >= 15 is 8.78 Å². The van der Waals surface area contributed by atoms with Gasteiger partial charge in [0.2, 0.25) is 11.8 Å². The number of amides is 3. The van der Waals surface area contributed by atoms with Crippen LogP contribution in [0.4, 0.5) is 19.3 Å². The number of ether oxygens (including phenoxy) is 1. The Morgan fingerprint density at radius 3 is 2.62 bits per heavy atom. The van der Waals surface area contributed by atoms with Crippen molar-refractivity contribution in [1.82, 2.24) is 10.2 Å². The molecule has 0 spiro atoms. The quantitative estimate of drug-likeness (QED) is 0.591. The molecular weight excluding hydrogens is 518 g/mol. The summed E-state index contributed by atoms with van der Waals surface area (Å²) in [4.78, 5) is 41.1. The first kappa shape index (κ1) is 27.6. The summed E-state index contributed by atoms with van der Waals surface area (Å²) < 4.78 is 35.9. The fraction of sp³-hybridized carbons (Fsp3) is 0.467. The molecule has 2 bridgehead atoms. The van der Waals surface area contributed by atoms with Gasteiger partial charge in [0.1, 0.15) is 29.3 Å². The highest BCUT2D eigenvalue weighted by Gasteiger charge is 2.52. The van der Waals surface area contributed by atoms with Gasteiger partial charge in [-0.05, 0) is 80.8 Å². The Bertz CT molecular complexity index is 1430. The fourth-order valence-corrected chi connectivity index (χ4v) is 6.08. The highest BCUT2D eigenvalue weighted by molar-refractivity contribution is 6.01. The number of piperidine rings is 1. The number of nitrogens with one attached hydrogen (secondary N) is 1. The molecule has 2 fully saturated rings. The molecule has 4 unspecified atom stereocenters. The lowest BCUT2D eigenvalue weighted by molar-refractivity contribution is -0.128. The van der Waals surface area contributed by atoms with Crippen LogP contribution < -0.4 is 10.2 Å². The molecule has 1 saturated heterocycles. The zero-order valence-electron chi connectivity index (χ0n) is 23.0.